The summed E-state index contributed by atoms with van der Waals surface area (Å²) in [5.74, 6) is 0. The van der Waals surface area contributed by atoms with E-state index < -0.39 is 23.1 Å². The highest BCUT2D eigenvalue weighted by molar-refractivity contribution is 5.85. The molecule has 0 saturated heterocycles. The summed E-state index contributed by atoms with van der Waals surface area (Å²) in [6, 6.07) is 12.6. The van der Waals surface area contributed by atoms with Crippen molar-refractivity contribution in [3.8, 4) is 0 Å². The van der Waals surface area contributed by atoms with Crippen LogP contribution in [-0.2, 0) is 18.4 Å². The Hall–Kier alpha value is -2.87. The van der Waals surface area contributed by atoms with E-state index in [1.165, 1.54) is 24.3 Å². The topological polar surface area (TPSA) is 71.0 Å². The van der Waals surface area contributed by atoms with Gasteiger partial charge in [-0.25, -0.2) is 0 Å². The molecule has 140 valence electrons. The van der Waals surface area contributed by atoms with Gasteiger partial charge in [0.15, 0.2) is 5.54 Å². The first-order valence-corrected chi connectivity index (χ1v) is 8.47. The molecule has 1 aromatic heterocycles. The molecule has 1 aliphatic rings. The van der Waals surface area contributed by atoms with Gasteiger partial charge in [0.05, 0.1) is 4.92 Å². The molecule has 0 bridgehead atoms. The molecule has 8 heteroatoms. The molecule has 0 spiro atoms. The smallest absolute Gasteiger partial charge is 0.356 e. The average Bonchev–Trinajstić information content (AvgIpc) is 3.01. The molecule has 1 atom stereocenters. The van der Waals surface area contributed by atoms with Gasteiger partial charge in [0, 0.05) is 41.2 Å². The zero-order valence-corrected chi connectivity index (χ0v) is 14.1. The second kappa shape index (κ2) is 6.09. The van der Waals surface area contributed by atoms with E-state index in [2.05, 4.69) is 10.3 Å². The SMILES string of the molecule is O=[N+]([O-])c1ccccc1CC1(C(F)(F)F)NCCc2c1[nH]c1ccccc21. The number of halogens is 3. The molecule has 2 N–H and O–H groups in total. The van der Waals surface area contributed by atoms with Crippen molar-refractivity contribution in [2.45, 2.75) is 24.6 Å². The summed E-state index contributed by atoms with van der Waals surface area (Å²) in [5, 5.41) is 14.7. The number of nitrogens with one attached hydrogen (secondary N) is 2. The molecule has 1 aliphatic heterocycles. The van der Waals surface area contributed by atoms with Crippen molar-refractivity contribution < 1.29 is 18.1 Å². The number of benzene rings is 2. The minimum absolute atomic E-state index is 0.0406. The zero-order valence-electron chi connectivity index (χ0n) is 14.1. The van der Waals surface area contributed by atoms with Crippen LogP contribution in [0.4, 0.5) is 18.9 Å². The van der Waals surface area contributed by atoms with Crippen LogP contribution in [0.5, 0.6) is 0 Å². The van der Waals surface area contributed by atoms with Gasteiger partial charge in [0.2, 0.25) is 0 Å². The maximum absolute atomic E-state index is 14.4. The van der Waals surface area contributed by atoms with Crippen LogP contribution in [0.1, 0.15) is 16.8 Å². The van der Waals surface area contributed by atoms with Gasteiger partial charge in [-0.05, 0) is 18.1 Å². The normalized spacial score (nSPS) is 19.8. The largest absolute Gasteiger partial charge is 0.412 e. The van der Waals surface area contributed by atoms with Gasteiger partial charge in [0.1, 0.15) is 0 Å². The van der Waals surface area contributed by atoms with Crippen LogP contribution >= 0.6 is 0 Å². The first kappa shape index (κ1) is 17.5. The number of hydrogen-bond acceptors (Lipinski definition) is 3. The number of nitro benzene ring substituents is 1. The number of nitrogens with zero attached hydrogens (tertiary/aromatic N) is 1. The minimum Gasteiger partial charge on any atom is -0.356 e. The van der Waals surface area contributed by atoms with Crippen LogP contribution in [0.3, 0.4) is 0 Å². The standard InChI is InChI=1S/C19H16F3N3O2/c20-19(21,22)18(11-12-5-1-4-8-16(12)25(26)27)17-14(9-10-23-18)13-6-2-3-7-15(13)24-17/h1-8,23-24H,9-11H2. The third kappa shape index (κ3) is 2.68. The first-order valence-electron chi connectivity index (χ1n) is 8.47. The maximum Gasteiger partial charge on any atom is 0.412 e. The minimum atomic E-state index is -4.65. The Labute approximate surface area is 152 Å². The van der Waals surface area contributed by atoms with Crippen molar-refractivity contribution in [1.29, 1.82) is 0 Å². The monoisotopic (exact) mass is 375 g/mol. The molecule has 0 saturated carbocycles. The van der Waals surface area contributed by atoms with E-state index in [1.807, 2.05) is 0 Å². The summed E-state index contributed by atoms with van der Waals surface area (Å²) >= 11 is 0. The molecule has 0 radical (unpaired) electrons. The fourth-order valence-corrected chi connectivity index (χ4v) is 3.93. The molecule has 0 aliphatic carbocycles. The highest BCUT2D eigenvalue weighted by Gasteiger charge is 2.59. The van der Waals surface area contributed by atoms with Crippen LogP contribution in [0.2, 0.25) is 0 Å². The molecule has 0 amide bonds. The number of rotatable bonds is 3. The van der Waals surface area contributed by atoms with Crippen molar-refractivity contribution in [3.05, 3.63) is 75.5 Å². The summed E-state index contributed by atoms with van der Waals surface area (Å²) in [5.41, 5.74) is -1.40. The highest BCUT2D eigenvalue weighted by Crippen LogP contribution is 2.46. The molecule has 2 aromatic carbocycles. The van der Waals surface area contributed by atoms with E-state index >= 15 is 0 Å². The molecule has 3 aromatic rings. The Morgan fingerprint density at radius 1 is 1.11 bits per heavy atom. The lowest BCUT2D eigenvalue weighted by Gasteiger charge is -2.40. The van der Waals surface area contributed by atoms with Crippen LogP contribution in [0.25, 0.3) is 10.9 Å². The Balaban J connectivity index is 1.94. The van der Waals surface area contributed by atoms with Gasteiger partial charge in [0.25, 0.3) is 5.69 Å². The van der Waals surface area contributed by atoms with Gasteiger partial charge in [-0.3, -0.25) is 15.4 Å². The molecule has 0 fully saturated rings. The summed E-state index contributed by atoms with van der Waals surface area (Å²) in [6.45, 7) is 0.134. The van der Waals surface area contributed by atoms with Crippen LogP contribution in [0.15, 0.2) is 48.5 Å². The molecular formula is C19H16F3N3O2. The predicted molar refractivity (Wildman–Crippen MR) is 94.5 cm³/mol. The molecule has 1 unspecified atom stereocenters. The number of hydrogen-bond donors (Lipinski definition) is 2. The predicted octanol–water partition coefficient (Wildman–Crippen LogP) is 4.22. The fraction of sp³-hybridized carbons (Fsp3) is 0.263. The second-order valence-corrected chi connectivity index (χ2v) is 6.67. The van der Waals surface area contributed by atoms with E-state index in [0.29, 0.717) is 17.5 Å². The second-order valence-electron chi connectivity index (χ2n) is 6.67. The highest BCUT2D eigenvalue weighted by atomic mass is 19.4. The van der Waals surface area contributed by atoms with Crippen LogP contribution in [-0.4, -0.2) is 22.6 Å². The quantitative estimate of drug-likeness (QED) is 0.532. The summed E-state index contributed by atoms with van der Waals surface area (Å²) < 4.78 is 43.1. The summed E-state index contributed by atoms with van der Waals surface area (Å²) in [6.07, 6.45) is -4.76. The van der Waals surface area contributed by atoms with Crippen molar-refractivity contribution in [2.75, 3.05) is 6.54 Å². The Morgan fingerprint density at radius 3 is 2.56 bits per heavy atom. The number of para-hydroxylation sites is 2. The van der Waals surface area contributed by atoms with Crippen LogP contribution in [0, 0.1) is 10.1 Å². The Morgan fingerprint density at radius 2 is 1.81 bits per heavy atom. The van der Waals surface area contributed by atoms with E-state index in [0.717, 1.165) is 5.39 Å². The van der Waals surface area contributed by atoms with Gasteiger partial charge >= 0.3 is 6.18 Å². The Bertz CT molecular complexity index is 1030. The first-order chi connectivity index (χ1) is 12.8. The van der Waals surface area contributed by atoms with E-state index in [1.54, 1.807) is 24.3 Å². The van der Waals surface area contributed by atoms with Gasteiger partial charge in [-0.2, -0.15) is 13.2 Å². The third-order valence-electron chi connectivity index (χ3n) is 5.17. The molecule has 4 rings (SSSR count). The van der Waals surface area contributed by atoms with E-state index in [-0.39, 0.29) is 23.5 Å². The molecular weight excluding hydrogens is 359 g/mol. The lowest BCUT2D eigenvalue weighted by atomic mass is 9.81. The van der Waals surface area contributed by atoms with Crippen molar-refractivity contribution >= 4 is 16.6 Å². The molecule has 5 nitrogen and oxygen atoms in total. The van der Waals surface area contributed by atoms with Gasteiger partial charge < -0.3 is 4.98 Å². The summed E-state index contributed by atoms with van der Waals surface area (Å²) in [4.78, 5) is 13.6. The van der Waals surface area contributed by atoms with Crippen molar-refractivity contribution in [3.63, 3.8) is 0 Å². The Kier molecular flexibility index (Phi) is 3.96. The zero-order chi connectivity index (χ0) is 19.2. The van der Waals surface area contributed by atoms with Gasteiger partial charge in [-0.15, -0.1) is 0 Å². The van der Waals surface area contributed by atoms with E-state index in [9.17, 15) is 23.3 Å². The number of nitro groups is 1. The number of aromatic amines is 1. The fourth-order valence-electron chi connectivity index (χ4n) is 3.93. The lowest BCUT2D eigenvalue weighted by Crippen LogP contribution is -2.58. The summed E-state index contributed by atoms with van der Waals surface area (Å²) in [7, 11) is 0. The maximum atomic E-state index is 14.4. The van der Waals surface area contributed by atoms with Gasteiger partial charge in [-0.1, -0.05) is 36.4 Å². The third-order valence-corrected chi connectivity index (χ3v) is 5.17. The molecule has 27 heavy (non-hydrogen) atoms. The number of H-pyrrole nitrogens is 1. The lowest BCUT2D eigenvalue weighted by molar-refractivity contribution is -0.385. The average molecular weight is 375 g/mol. The number of alkyl halides is 3. The number of fused-ring (bicyclic) bond motifs is 3. The van der Waals surface area contributed by atoms with Crippen molar-refractivity contribution in [1.82, 2.24) is 10.3 Å². The van der Waals surface area contributed by atoms with E-state index in [4.69, 9.17) is 0 Å². The van der Waals surface area contributed by atoms with Crippen molar-refractivity contribution in [2.24, 2.45) is 0 Å². The number of aromatic nitrogens is 1. The van der Waals surface area contributed by atoms with Crippen LogP contribution < -0.4 is 5.32 Å². The molecule has 2 heterocycles.